The Morgan fingerprint density at radius 2 is 2.05 bits per heavy atom. The Bertz CT molecular complexity index is 271. The fourth-order valence-corrected chi connectivity index (χ4v) is 4.13. The minimum atomic E-state index is 0.637. The van der Waals surface area contributed by atoms with Crippen molar-refractivity contribution < 1.29 is 4.74 Å². The molecular weight excluding hydrogens is 236 g/mol. The van der Waals surface area contributed by atoms with Gasteiger partial charge in [-0.3, -0.25) is 4.90 Å². The van der Waals surface area contributed by atoms with Crippen molar-refractivity contribution in [3.05, 3.63) is 0 Å². The van der Waals surface area contributed by atoms with Crippen LogP contribution in [0.25, 0.3) is 0 Å². The molecular formula is C16H32N2O. The second kappa shape index (κ2) is 7.05. The molecule has 0 radical (unpaired) electrons. The fourth-order valence-electron chi connectivity index (χ4n) is 4.13. The molecule has 0 spiro atoms. The molecule has 112 valence electrons. The molecule has 2 rings (SSSR count). The third-order valence-electron chi connectivity index (χ3n) is 5.32. The van der Waals surface area contributed by atoms with E-state index in [1.807, 2.05) is 0 Å². The predicted octanol–water partition coefficient (Wildman–Crippen LogP) is 2.37. The normalized spacial score (nSPS) is 41.4. The number of ether oxygens (including phenoxy) is 1. The Morgan fingerprint density at radius 1 is 1.26 bits per heavy atom. The SMILES string of the molecule is CCC1COCCN1CC1C(C)CC(C)CC1NC. The van der Waals surface area contributed by atoms with Crippen LogP contribution < -0.4 is 5.32 Å². The Hall–Kier alpha value is -0.120. The molecule has 1 heterocycles. The molecule has 0 aromatic rings. The Balaban J connectivity index is 1.98. The summed E-state index contributed by atoms with van der Waals surface area (Å²) in [5.41, 5.74) is 0. The van der Waals surface area contributed by atoms with E-state index in [9.17, 15) is 0 Å². The summed E-state index contributed by atoms with van der Waals surface area (Å²) in [6, 6.07) is 1.33. The van der Waals surface area contributed by atoms with Crippen molar-refractivity contribution in [2.75, 3.05) is 33.4 Å². The van der Waals surface area contributed by atoms with Gasteiger partial charge in [-0.05, 0) is 44.1 Å². The standard InChI is InChI=1S/C16H32N2O/c1-5-14-11-19-7-6-18(14)10-15-13(3)8-12(2)9-16(15)17-4/h12-17H,5-11H2,1-4H3. The van der Waals surface area contributed by atoms with Crippen LogP contribution >= 0.6 is 0 Å². The number of morpholine rings is 1. The van der Waals surface area contributed by atoms with E-state index in [-0.39, 0.29) is 0 Å². The predicted molar refractivity (Wildman–Crippen MR) is 80.4 cm³/mol. The summed E-state index contributed by atoms with van der Waals surface area (Å²) in [7, 11) is 2.14. The quantitative estimate of drug-likeness (QED) is 0.847. The molecule has 3 heteroatoms. The largest absolute Gasteiger partial charge is 0.378 e. The van der Waals surface area contributed by atoms with Gasteiger partial charge < -0.3 is 10.1 Å². The number of hydrogen-bond acceptors (Lipinski definition) is 3. The van der Waals surface area contributed by atoms with Gasteiger partial charge in [0, 0.05) is 25.2 Å². The van der Waals surface area contributed by atoms with Gasteiger partial charge in [0.05, 0.1) is 13.2 Å². The maximum absolute atomic E-state index is 5.63. The molecule has 5 unspecified atom stereocenters. The number of rotatable bonds is 4. The lowest BCUT2D eigenvalue weighted by Crippen LogP contribution is -2.53. The molecule has 2 aliphatic rings. The molecule has 5 atom stereocenters. The van der Waals surface area contributed by atoms with Crippen molar-refractivity contribution in [1.82, 2.24) is 10.2 Å². The minimum Gasteiger partial charge on any atom is -0.378 e. The van der Waals surface area contributed by atoms with Crippen molar-refractivity contribution in [2.24, 2.45) is 17.8 Å². The molecule has 19 heavy (non-hydrogen) atoms. The van der Waals surface area contributed by atoms with Gasteiger partial charge in [-0.2, -0.15) is 0 Å². The zero-order valence-electron chi connectivity index (χ0n) is 13.2. The van der Waals surface area contributed by atoms with Crippen molar-refractivity contribution in [1.29, 1.82) is 0 Å². The van der Waals surface area contributed by atoms with E-state index in [2.05, 4.69) is 38.0 Å². The van der Waals surface area contributed by atoms with Gasteiger partial charge in [-0.15, -0.1) is 0 Å². The van der Waals surface area contributed by atoms with Gasteiger partial charge in [0.15, 0.2) is 0 Å². The number of nitrogens with zero attached hydrogens (tertiary/aromatic N) is 1. The van der Waals surface area contributed by atoms with Crippen LogP contribution in [0.4, 0.5) is 0 Å². The first kappa shape index (κ1) is 15.3. The zero-order valence-corrected chi connectivity index (χ0v) is 13.2. The third kappa shape index (κ3) is 3.71. The maximum Gasteiger partial charge on any atom is 0.0622 e. The second-order valence-electron chi connectivity index (χ2n) is 6.74. The van der Waals surface area contributed by atoms with Crippen LogP contribution in [0.1, 0.15) is 40.0 Å². The molecule has 0 aromatic carbocycles. The molecule has 1 aliphatic heterocycles. The molecule has 1 saturated heterocycles. The highest BCUT2D eigenvalue weighted by molar-refractivity contribution is 4.90. The highest BCUT2D eigenvalue weighted by Gasteiger charge is 2.35. The lowest BCUT2D eigenvalue weighted by atomic mass is 9.72. The van der Waals surface area contributed by atoms with E-state index in [0.717, 1.165) is 37.5 Å². The van der Waals surface area contributed by atoms with Crippen molar-refractivity contribution >= 4 is 0 Å². The summed E-state index contributed by atoms with van der Waals surface area (Å²) in [5.74, 6) is 2.50. The van der Waals surface area contributed by atoms with Gasteiger partial charge in [0.1, 0.15) is 0 Å². The smallest absolute Gasteiger partial charge is 0.0622 e. The van der Waals surface area contributed by atoms with Gasteiger partial charge in [0.2, 0.25) is 0 Å². The average Bonchev–Trinajstić information content (AvgIpc) is 2.42. The maximum atomic E-state index is 5.63. The molecule has 2 fully saturated rings. The summed E-state index contributed by atoms with van der Waals surface area (Å²) in [4.78, 5) is 2.69. The van der Waals surface area contributed by atoms with E-state index in [1.165, 1.54) is 25.8 Å². The van der Waals surface area contributed by atoms with E-state index in [4.69, 9.17) is 4.74 Å². The first-order chi connectivity index (χ1) is 9.15. The van der Waals surface area contributed by atoms with E-state index in [0.29, 0.717) is 12.1 Å². The average molecular weight is 268 g/mol. The second-order valence-corrected chi connectivity index (χ2v) is 6.74. The van der Waals surface area contributed by atoms with Crippen molar-refractivity contribution in [2.45, 2.75) is 52.1 Å². The third-order valence-corrected chi connectivity index (χ3v) is 5.32. The highest BCUT2D eigenvalue weighted by Crippen LogP contribution is 2.34. The number of nitrogens with one attached hydrogen (secondary N) is 1. The first-order valence-electron chi connectivity index (χ1n) is 8.14. The summed E-state index contributed by atoms with van der Waals surface area (Å²) < 4.78 is 5.63. The van der Waals surface area contributed by atoms with Crippen LogP contribution in [0.5, 0.6) is 0 Å². The van der Waals surface area contributed by atoms with Gasteiger partial charge >= 0.3 is 0 Å². The molecule has 0 bridgehead atoms. The van der Waals surface area contributed by atoms with Gasteiger partial charge in [-0.1, -0.05) is 20.8 Å². The van der Waals surface area contributed by atoms with E-state index < -0.39 is 0 Å². The minimum absolute atomic E-state index is 0.637. The van der Waals surface area contributed by atoms with Crippen molar-refractivity contribution in [3.63, 3.8) is 0 Å². The van der Waals surface area contributed by atoms with Crippen LogP contribution in [-0.2, 0) is 4.74 Å². The van der Waals surface area contributed by atoms with Crippen LogP contribution in [0, 0.1) is 17.8 Å². The lowest BCUT2D eigenvalue weighted by Gasteiger charge is -2.44. The van der Waals surface area contributed by atoms with Gasteiger partial charge in [-0.25, -0.2) is 0 Å². The lowest BCUT2D eigenvalue weighted by molar-refractivity contribution is -0.0272. The van der Waals surface area contributed by atoms with Crippen LogP contribution in [0.2, 0.25) is 0 Å². The first-order valence-corrected chi connectivity index (χ1v) is 8.14. The summed E-state index contributed by atoms with van der Waals surface area (Å²) in [6.45, 7) is 11.4. The molecule has 1 saturated carbocycles. The summed E-state index contributed by atoms with van der Waals surface area (Å²) >= 11 is 0. The zero-order chi connectivity index (χ0) is 13.8. The number of hydrogen-bond donors (Lipinski definition) is 1. The Kier molecular flexibility index (Phi) is 5.67. The van der Waals surface area contributed by atoms with Crippen LogP contribution in [-0.4, -0.2) is 50.3 Å². The van der Waals surface area contributed by atoms with E-state index >= 15 is 0 Å². The molecule has 1 N–H and O–H groups in total. The molecule has 1 aliphatic carbocycles. The monoisotopic (exact) mass is 268 g/mol. The summed E-state index contributed by atoms with van der Waals surface area (Å²) in [6.07, 6.45) is 3.94. The molecule has 0 amide bonds. The summed E-state index contributed by atoms with van der Waals surface area (Å²) in [5, 5.41) is 3.58. The van der Waals surface area contributed by atoms with Gasteiger partial charge in [0.25, 0.3) is 0 Å². The topological polar surface area (TPSA) is 24.5 Å². The molecule has 0 aromatic heterocycles. The molecule has 3 nitrogen and oxygen atoms in total. The van der Waals surface area contributed by atoms with E-state index in [1.54, 1.807) is 0 Å². The van der Waals surface area contributed by atoms with Crippen LogP contribution in [0.3, 0.4) is 0 Å². The Morgan fingerprint density at radius 3 is 2.74 bits per heavy atom. The van der Waals surface area contributed by atoms with Crippen molar-refractivity contribution in [3.8, 4) is 0 Å². The highest BCUT2D eigenvalue weighted by atomic mass is 16.5. The fraction of sp³-hybridized carbons (Fsp3) is 1.00. The Labute approximate surface area is 119 Å². The van der Waals surface area contributed by atoms with Crippen LogP contribution in [0.15, 0.2) is 0 Å².